The Hall–Kier alpha value is -1.57. The van der Waals surface area contributed by atoms with Crippen LogP contribution in [0.2, 0.25) is 0 Å². The fourth-order valence-electron chi connectivity index (χ4n) is 1.54. The number of aliphatic carboxylic acids is 1. The highest BCUT2D eigenvalue weighted by atomic mass is 16.4. The summed E-state index contributed by atoms with van der Waals surface area (Å²) in [5, 5.41) is 9.19. The maximum Gasteiger partial charge on any atom is 0.313 e. The average molecular weight is 204 g/mol. The number of benzene rings is 1. The molecule has 0 aliphatic carbocycles. The molecule has 0 fully saturated rings. The van der Waals surface area contributed by atoms with Crippen LogP contribution in [0.5, 0.6) is 0 Å². The van der Waals surface area contributed by atoms with Gasteiger partial charge < -0.3 is 5.11 Å². The van der Waals surface area contributed by atoms with Crippen molar-refractivity contribution >= 4 is 5.97 Å². The first-order chi connectivity index (χ1) is 7.02. The van der Waals surface area contributed by atoms with Gasteiger partial charge in [0.2, 0.25) is 0 Å². The van der Waals surface area contributed by atoms with Crippen molar-refractivity contribution in [2.75, 3.05) is 0 Å². The molecule has 15 heavy (non-hydrogen) atoms. The highest BCUT2D eigenvalue weighted by Gasteiger charge is 2.36. The van der Waals surface area contributed by atoms with Crippen LogP contribution in [0.15, 0.2) is 43.0 Å². The fraction of sp³-hybridized carbons (Fsp3) is 0.308. The second-order valence-corrected chi connectivity index (χ2v) is 3.92. The number of carboxylic acid groups (broad SMARTS) is 1. The first kappa shape index (κ1) is 11.5. The molecule has 1 aromatic rings. The lowest BCUT2D eigenvalue weighted by molar-refractivity contribution is -0.146. The van der Waals surface area contributed by atoms with Gasteiger partial charge in [-0.2, -0.15) is 0 Å². The Balaban J connectivity index is 3.07. The maximum absolute atomic E-state index is 11.2. The van der Waals surface area contributed by atoms with E-state index < -0.39 is 11.4 Å². The van der Waals surface area contributed by atoms with E-state index >= 15 is 0 Å². The van der Waals surface area contributed by atoms with E-state index in [2.05, 4.69) is 6.58 Å². The van der Waals surface area contributed by atoms with Crippen molar-refractivity contribution in [3.63, 3.8) is 0 Å². The summed E-state index contributed by atoms with van der Waals surface area (Å²) in [5.74, 6) is -0.928. The van der Waals surface area contributed by atoms with Crippen molar-refractivity contribution in [3.8, 4) is 0 Å². The SMILES string of the molecule is C=C[C@](C)(C(=O)O)[C@@H](C)c1ccccc1. The molecule has 0 radical (unpaired) electrons. The molecule has 0 unspecified atom stereocenters. The van der Waals surface area contributed by atoms with Gasteiger partial charge in [0.1, 0.15) is 0 Å². The number of rotatable bonds is 4. The second-order valence-electron chi connectivity index (χ2n) is 3.92. The van der Waals surface area contributed by atoms with Gasteiger partial charge in [0, 0.05) is 5.92 Å². The van der Waals surface area contributed by atoms with E-state index in [1.54, 1.807) is 6.92 Å². The molecule has 1 aromatic carbocycles. The smallest absolute Gasteiger partial charge is 0.313 e. The van der Waals surface area contributed by atoms with Crippen molar-refractivity contribution in [2.45, 2.75) is 19.8 Å². The van der Waals surface area contributed by atoms with Gasteiger partial charge in [-0.25, -0.2) is 0 Å². The monoisotopic (exact) mass is 204 g/mol. The van der Waals surface area contributed by atoms with Gasteiger partial charge in [0.15, 0.2) is 0 Å². The van der Waals surface area contributed by atoms with Crippen LogP contribution in [-0.4, -0.2) is 11.1 Å². The fourth-order valence-corrected chi connectivity index (χ4v) is 1.54. The lowest BCUT2D eigenvalue weighted by Gasteiger charge is -2.28. The Morgan fingerprint density at radius 1 is 1.47 bits per heavy atom. The van der Waals surface area contributed by atoms with Gasteiger partial charge in [-0.1, -0.05) is 43.3 Å². The van der Waals surface area contributed by atoms with Crippen LogP contribution in [0.3, 0.4) is 0 Å². The van der Waals surface area contributed by atoms with E-state index in [-0.39, 0.29) is 5.92 Å². The molecule has 1 N–H and O–H groups in total. The molecule has 0 bridgehead atoms. The first-order valence-electron chi connectivity index (χ1n) is 4.94. The van der Waals surface area contributed by atoms with E-state index in [1.807, 2.05) is 37.3 Å². The molecule has 0 spiro atoms. The van der Waals surface area contributed by atoms with Gasteiger partial charge in [0.05, 0.1) is 5.41 Å². The average Bonchev–Trinajstić information content (AvgIpc) is 2.28. The topological polar surface area (TPSA) is 37.3 Å². The minimum atomic E-state index is -0.915. The van der Waals surface area contributed by atoms with E-state index in [0.717, 1.165) is 5.56 Å². The van der Waals surface area contributed by atoms with E-state index in [4.69, 9.17) is 0 Å². The molecule has 2 nitrogen and oxygen atoms in total. The molecule has 0 saturated carbocycles. The quantitative estimate of drug-likeness (QED) is 0.765. The van der Waals surface area contributed by atoms with Crippen LogP contribution in [0.25, 0.3) is 0 Å². The Morgan fingerprint density at radius 2 is 2.00 bits per heavy atom. The summed E-state index contributed by atoms with van der Waals surface area (Å²) in [6.45, 7) is 7.22. The minimum absolute atomic E-state index is 0.0892. The Labute approximate surface area is 90.3 Å². The number of carbonyl (C=O) groups is 1. The molecule has 2 atom stereocenters. The van der Waals surface area contributed by atoms with Crippen LogP contribution in [0.1, 0.15) is 25.3 Å². The summed E-state index contributed by atoms with van der Waals surface area (Å²) < 4.78 is 0. The zero-order chi connectivity index (χ0) is 11.5. The van der Waals surface area contributed by atoms with E-state index in [1.165, 1.54) is 6.08 Å². The van der Waals surface area contributed by atoms with Crippen LogP contribution in [-0.2, 0) is 4.79 Å². The van der Waals surface area contributed by atoms with Crippen molar-refractivity contribution in [2.24, 2.45) is 5.41 Å². The van der Waals surface area contributed by atoms with Gasteiger partial charge in [0.25, 0.3) is 0 Å². The van der Waals surface area contributed by atoms with Crippen LogP contribution in [0.4, 0.5) is 0 Å². The molecule has 80 valence electrons. The molecule has 0 saturated heterocycles. The Morgan fingerprint density at radius 3 is 2.40 bits per heavy atom. The lowest BCUT2D eigenvalue weighted by Crippen LogP contribution is -2.30. The predicted molar refractivity (Wildman–Crippen MR) is 60.8 cm³/mol. The highest BCUT2D eigenvalue weighted by Crippen LogP contribution is 2.36. The zero-order valence-electron chi connectivity index (χ0n) is 9.10. The normalized spacial score (nSPS) is 16.4. The number of hydrogen-bond donors (Lipinski definition) is 1. The van der Waals surface area contributed by atoms with Crippen LogP contribution < -0.4 is 0 Å². The van der Waals surface area contributed by atoms with Gasteiger partial charge >= 0.3 is 5.97 Å². The van der Waals surface area contributed by atoms with E-state index in [0.29, 0.717) is 0 Å². The zero-order valence-corrected chi connectivity index (χ0v) is 9.10. The molecule has 2 heteroatoms. The third kappa shape index (κ3) is 2.09. The van der Waals surface area contributed by atoms with Crippen molar-refractivity contribution in [1.82, 2.24) is 0 Å². The summed E-state index contributed by atoms with van der Waals surface area (Å²) in [7, 11) is 0. The summed E-state index contributed by atoms with van der Waals surface area (Å²) in [6, 6.07) is 9.63. The molecule has 1 rings (SSSR count). The molecule has 0 amide bonds. The summed E-state index contributed by atoms with van der Waals surface area (Å²) in [4.78, 5) is 11.2. The minimum Gasteiger partial charge on any atom is -0.481 e. The number of hydrogen-bond acceptors (Lipinski definition) is 1. The summed E-state index contributed by atoms with van der Waals surface area (Å²) in [5.41, 5.74) is 0.101. The van der Waals surface area contributed by atoms with Crippen LogP contribution in [0, 0.1) is 5.41 Å². The third-order valence-electron chi connectivity index (χ3n) is 3.08. The standard InChI is InChI=1S/C13H16O2/c1-4-13(3,12(14)15)10(2)11-8-6-5-7-9-11/h4-10H,1H2,2-3H3,(H,14,15)/t10-,13-/m0/s1. The highest BCUT2D eigenvalue weighted by molar-refractivity contribution is 5.77. The third-order valence-corrected chi connectivity index (χ3v) is 3.08. The molecule has 0 heterocycles. The molecule has 0 aromatic heterocycles. The molecule has 0 aliphatic rings. The van der Waals surface area contributed by atoms with E-state index in [9.17, 15) is 9.90 Å². The Bertz CT molecular complexity index is 356. The summed E-state index contributed by atoms with van der Waals surface area (Å²) in [6.07, 6.45) is 1.51. The second kappa shape index (κ2) is 4.30. The maximum atomic E-state index is 11.2. The van der Waals surface area contributed by atoms with Crippen LogP contribution >= 0.6 is 0 Å². The number of carboxylic acids is 1. The van der Waals surface area contributed by atoms with Gasteiger partial charge in [-0.3, -0.25) is 4.79 Å². The van der Waals surface area contributed by atoms with Gasteiger partial charge in [-0.15, -0.1) is 6.58 Å². The summed E-state index contributed by atoms with van der Waals surface area (Å²) >= 11 is 0. The van der Waals surface area contributed by atoms with Crippen molar-refractivity contribution < 1.29 is 9.90 Å². The molecule has 0 aliphatic heterocycles. The largest absolute Gasteiger partial charge is 0.481 e. The van der Waals surface area contributed by atoms with Crippen molar-refractivity contribution in [3.05, 3.63) is 48.6 Å². The first-order valence-corrected chi connectivity index (χ1v) is 4.94. The Kier molecular flexibility index (Phi) is 3.30. The molecular weight excluding hydrogens is 188 g/mol. The lowest BCUT2D eigenvalue weighted by atomic mass is 9.74. The predicted octanol–water partition coefficient (Wildman–Crippen LogP) is 3.07. The molecular formula is C13H16O2. The van der Waals surface area contributed by atoms with Gasteiger partial charge in [-0.05, 0) is 12.5 Å². The van der Waals surface area contributed by atoms with Crippen molar-refractivity contribution in [1.29, 1.82) is 0 Å².